The zero-order valence-electron chi connectivity index (χ0n) is 29.3. The summed E-state index contributed by atoms with van der Waals surface area (Å²) < 4.78 is 4.71. The number of fused-ring (bicyclic) bond motifs is 7. The topological polar surface area (TPSA) is 35.6 Å². The van der Waals surface area contributed by atoms with E-state index in [0.717, 1.165) is 50.2 Å². The predicted octanol–water partition coefficient (Wildman–Crippen LogP) is 12.8. The molecule has 0 atom stereocenters. The first-order valence-corrected chi connectivity index (χ1v) is 18.3. The molecule has 0 amide bonds. The SMILES string of the molecule is c1ccc(-c2nc(-c3ccc(-n4c5ccccc5c5ccccc54)cc3)c3cc(-c4ccc5c(c4)c4ccccc4n5-c4ccccc4)ccc3n2)cc1. The van der Waals surface area contributed by atoms with Crippen LogP contribution in [0.1, 0.15) is 0 Å². The van der Waals surface area contributed by atoms with Crippen molar-refractivity contribution < 1.29 is 0 Å². The van der Waals surface area contributed by atoms with Crippen LogP contribution < -0.4 is 0 Å². The Kier molecular flexibility index (Phi) is 6.82. The van der Waals surface area contributed by atoms with Gasteiger partial charge in [0.15, 0.2) is 5.82 Å². The summed E-state index contributed by atoms with van der Waals surface area (Å²) in [5.41, 5.74) is 13.2. The molecule has 0 aliphatic rings. The van der Waals surface area contributed by atoms with Crippen molar-refractivity contribution in [2.45, 2.75) is 0 Å². The molecule has 0 N–H and O–H groups in total. The van der Waals surface area contributed by atoms with Crippen LogP contribution in [-0.2, 0) is 0 Å². The maximum absolute atomic E-state index is 5.27. The van der Waals surface area contributed by atoms with Crippen LogP contribution in [0.15, 0.2) is 194 Å². The normalized spacial score (nSPS) is 11.7. The molecule has 4 nitrogen and oxygen atoms in total. The summed E-state index contributed by atoms with van der Waals surface area (Å²) in [7, 11) is 0. The lowest BCUT2D eigenvalue weighted by atomic mass is 9.98. The van der Waals surface area contributed by atoms with E-state index in [2.05, 4.69) is 185 Å². The molecule has 11 aromatic rings. The lowest BCUT2D eigenvalue weighted by Gasteiger charge is -2.13. The van der Waals surface area contributed by atoms with Crippen molar-refractivity contribution in [1.29, 1.82) is 0 Å². The molecule has 0 aliphatic carbocycles. The first kappa shape index (κ1) is 30.3. The highest BCUT2D eigenvalue weighted by molar-refractivity contribution is 6.11. The zero-order chi connectivity index (χ0) is 35.6. The number of rotatable bonds is 5. The van der Waals surface area contributed by atoms with Gasteiger partial charge in [-0.15, -0.1) is 0 Å². The van der Waals surface area contributed by atoms with E-state index in [0.29, 0.717) is 5.82 Å². The Morgan fingerprint density at radius 2 is 0.759 bits per heavy atom. The fourth-order valence-electron chi connectivity index (χ4n) is 8.22. The van der Waals surface area contributed by atoms with Gasteiger partial charge in [-0.25, -0.2) is 9.97 Å². The Bertz CT molecular complexity index is 3140. The molecule has 4 heteroatoms. The summed E-state index contributed by atoms with van der Waals surface area (Å²) in [5, 5.41) is 5.98. The van der Waals surface area contributed by atoms with Gasteiger partial charge in [0.1, 0.15) is 0 Å². The summed E-state index contributed by atoms with van der Waals surface area (Å²) in [4.78, 5) is 10.4. The van der Waals surface area contributed by atoms with E-state index >= 15 is 0 Å². The second-order valence-electron chi connectivity index (χ2n) is 13.8. The first-order chi connectivity index (χ1) is 26.8. The molecule has 0 bridgehead atoms. The number of hydrogen-bond acceptors (Lipinski definition) is 2. The van der Waals surface area contributed by atoms with Gasteiger partial charge in [-0.2, -0.15) is 0 Å². The van der Waals surface area contributed by atoms with Gasteiger partial charge in [0, 0.05) is 49.4 Å². The molecular formula is C50H32N4. The highest BCUT2D eigenvalue weighted by atomic mass is 15.0. The fourth-order valence-corrected chi connectivity index (χ4v) is 8.22. The predicted molar refractivity (Wildman–Crippen MR) is 225 cm³/mol. The monoisotopic (exact) mass is 688 g/mol. The molecule has 3 heterocycles. The molecule has 0 saturated carbocycles. The van der Waals surface area contributed by atoms with Crippen LogP contribution in [0.2, 0.25) is 0 Å². The maximum Gasteiger partial charge on any atom is 0.160 e. The van der Waals surface area contributed by atoms with Crippen LogP contribution in [0, 0.1) is 0 Å². The second-order valence-corrected chi connectivity index (χ2v) is 13.8. The van der Waals surface area contributed by atoms with Crippen LogP contribution in [0.3, 0.4) is 0 Å². The summed E-state index contributed by atoms with van der Waals surface area (Å²) in [6.07, 6.45) is 0. The van der Waals surface area contributed by atoms with Crippen molar-refractivity contribution in [2.75, 3.05) is 0 Å². The zero-order valence-corrected chi connectivity index (χ0v) is 29.3. The van der Waals surface area contributed by atoms with Gasteiger partial charge in [0.2, 0.25) is 0 Å². The molecule has 252 valence electrons. The smallest absolute Gasteiger partial charge is 0.160 e. The molecule has 11 rings (SSSR count). The summed E-state index contributed by atoms with van der Waals surface area (Å²) in [5.74, 6) is 0.715. The number of para-hydroxylation sites is 4. The molecule has 0 fully saturated rings. The fraction of sp³-hybridized carbons (Fsp3) is 0. The van der Waals surface area contributed by atoms with Crippen molar-refractivity contribution in [1.82, 2.24) is 19.1 Å². The van der Waals surface area contributed by atoms with E-state index in [1.165, 1.54) is 43.6 Å². The Balaban J connectivity index is 1.08. The number of benzene rings is 8. The number of hydrogen-bond donors (Lipinski definition) is 0. The van der Waals surface area contributed by atoms with E-state index in [-0.39, 0.29) is 0 Å². The van der Waals surface area contributed by atoms with Gasteiger partial charge >= 0.3 is 0 Å². The molecule has 0 unspecified atom stereocenters. The average molecular weight is 689 g/mol. The van der Waals surface area contributed by atoms with Gasteiger partial charge in [-0.3, -0.25) is 0 Å². The van der Waals surface area contributed by atoms with Gasteiger partial charge in [-0.1, -0.05) is 127 Å². The molecule has 3 aromatic heterocycles. The van der Waals surface area contributed by atoms with Crippen LogP contribution in [-0.4, -0.2) is 19.1 Å². The van der Waals surface area contributed by atoms with Gasteiger partial charge in [0.05, 0.1) is 33.3 Å². The molecule has 0 spiro atoms. The molecule has 54 heavy (non-hydrogen) atoms. The van der Waals surface area contributed by atoms with Gasteiger partial charge in [-0.05, 0) is 77.9 Å². The standard InChI is InChI=1S/C50H32N4/c1-3-13-34(14-4-1)50-51-44-29-25-35(36-26-30-48-42(31-36)41-19-9-12-22-47(41)53(48)37-15-5-2-6-16-37)32-43(44)49(52-50)33-23-27-38(28-24-33)54-45-20-10-7-17-39(45)40-18-8-11-21-46(40)54/h1-32H. The van der Waals surface area contributed by atoms with E-state index in [1.54, 1.807) is 0 Å². The third-order valence-corrected chi connectivity index (χ3v) is 10.7. The minimum atomic E-state index is 0.715. The van der Waals surface area contributed by atoms with Crippen LogP contribution in [0.4, 0.5) is 0 Å². The largest absolute Gasteiger partial charge is 0.309 e. The molecular weight excluding hydrogens is 657 g/mol. The lowest BCUT2D eigenvalue weighted by molar-refractivity contribution is 1.18. The first-order valence-electron chi connectivity index (χ1n) is 18.3. The highest BCUT2D eigenvalue weighted by Gasteiger charge is 2.17. The summed E-state index contributed by atoms with van der Waals surface area (Å²) >= 11 is 0. The lowest BCUT2D eigenvalue weighted by Crippen LogP contribution is -1.97. The maximum atomic E-state index is 5.27. The quantitative estimate of drug-likeness (QED) is 0.180. The molecule has 0 saturated heterocycles. The number of aromatic nitrogens is 4. The van der Waals surface area contributed by atoms with Gasteiger partial charge in [0.25, 0.3) is 0 Å². The summed E-state index contributed by atoms with van der Waals surface area (Å²) in [6, 6.07) is 69.0. The Morgan fingerprint density at radius 3 is 1.39 bits per heavy atom. The van der Waals surface area contributed by atoms with Crippen molar-refractivity contribution in [3.05, 3.63) is 194 Å². The Labute approximate surface area is 311 Å². The average Bonchev–Trinajstić information content (AvgIpc) is 3.76. The minimum absolute atomic E-state index is 0.715. The van der Waals surface area contributed by atoms with Gasteiger partial charge < -0.3 is 9.13 Å². The van der Waals surface area contributed by atoms with E-state index in [9.17, 15) is 0 Å². The van der Waals surface area contributed by atoms with Crippen LogP contribution >= 0.6 is 0 Å². The highest BCUT2D eigenvalue weighted by Crippen LogP contribution is 2.38. The Morgan fingerprint density at radius 1 is 0.296 bits per heavy atom. The van der Waals surface area contributed by atoms with Crippen LogP contribution in [0.5, 0.6) is 0 Å². The van der Waals surface area contributed by atoms with Crippen molar-refractivity contribution in [2.24, 2.45) is 0 Å². The van der Waals surface area contributed by atoms with E-state index in [1.807, 2.05) is 18.2 Å². The van der Waals surface area contributed by atoms with Crippen molar-refractivity contribution in [3.8, 4) is 45.1 Å². The van der Waals surface area contributed by atoms with E-state index in [4.69, 9.17) is 9.97 Å². The van der Waals surface area contributed by atoms with Crippen LogP contribution in [0.25, 0.3) is 99.7 Å². The third-order valence-electron chi connectivity index (χ3n) is 10.7. The molecule has 8 aromatic carbocycles. The molecule has 0 radical (unpaired) electrons. The van der Waals surface area contributed by atoms with Crippen molar-refractivity contribution >= 4 is 54.5 Å². The number of nitrogens with zero attached hydrogens (tertiary/aromatic N) is 4. The molecule has 0 aliphatic heterocycles. The minimum Gasteiger partial charge on any atom is -0.309 e. The third kappa shape index (κ3) is 4.78. The second kappa shape index (κ2) is 12.1. The van der Waals surface area contributed by atoms with Crippen molar-refractivity contribution in [3.63, 3.8) is 0 Å². The summed E-state index contributed by atoms with van der Waals surface area (Å²) in [6.45, 7) is 0. The van der Waals surface area contributed by atoms with E-state index < -0.39 is 0 Å². The Hall–Kier alpha value is -7.30.